The predicted octanol–water partition coefficient (Wildman–Crippen LogP) is 3.72. The van der Waals surface area contributed by atoms with Crippen LogP contribution < -0.4 is 11.0 Å². The van der Waals surface area contributed by atoms with Crippen molar-refractivity contribution < 1.29 is 4.79 Å². The average molecular weight is 457 g/mol. The number of aromatic nitrogens is 5. The molecule has 2 unspecified atom stereocenters. The summed E-state index contributed by atoms with van der Waals surface area (Å²) in [6, 6.07) is 4.08. The molecule has 3 aromatic heterocycles. The second kappa shape index (κ2) is 8.10. The lowest BCUT2D eigenvalue weighted by molar-refractivity contribution is 0.0831. The van der Waals surface area contributed by atoms with Crippen LogP contribution in [-0.4, -0.2) is 35.7 Å². The number of carbonyl (C=O) groups is 1. The molecular formula is C23H32N6O2S. The summed E-state index contributed by atoms with van der Waals surface area (Å²) >= 11 is 1.17. The highest BCUT2D eigenvalue weighted by Crippen LogP contribution is 2.42. The Morgan fingerprint density at radius 3 is 2.72 bits per heavy atom. The van der Waals surface area contributed by atoms with Gasteiger partial charge in [0.25, 0.3) is 5.91 Å². The number of nitrogens with zero attached hydrogens (tertiary/aromatic N) is 5. The maximum absolute atomic E-state index is 12.9. The molecule has 1 aliphatic carbocycles. The Kier molecular flexibility index (Phi) is 5.73. The maximum Gasteiger partial charge on any atom is 0.330 e. The zero-order valence-corrected chi connectivity index (χ0v) is 20.5. The van der Waals surface area contributed by atoms with Gasteiger partial charge < -0.3 is 5.32 Å². The van der Waals surface area contributed by atoms with Gasteiger partial charge in [0, 0.05) is 36.6 Å². The molecule has 1 saturated carbocycles. The number of hydrogen-bond acceptors (Lipinski definition) is 6. The molecule has 1 N–H and O–H groups in total. The molecule has 8 nitrogen and oxygen atoms in total. The predicted molar refractivity (Wildman–Crippen MR) is 126 cm³/mol. The van der Waals surface area contributed by atoms with Gasteiger partial charge in [-0.05, 0) is 53.8 Å². The van der Waals surface area contributed by atoms with Crippen LogP contribution in [0.25, 0.3) is 11.2 Å². The Hall–Kier alpha value is -2.55. The standard InChI is InChI=1S/C23H32N6O2S/c1-22(2,3)13-29-17-8-7-15(24-19(17)28(6)21(29)31)14-9-10-23(4,5)18(11-14)25-20(30)16-12-32-27-26-16/h7-8,12,14,18H,9-11,13H2,1-6H3,(H,25,30). The fourth-order valence-electron chi connectivity index (χ4n) is 4.60. The second-order valence-corrected chi connectivity index (χ2v) is 11.5. The van der Waals surface area contributed by atoms with Crippen molar-refractivity contribution in [2.24, 2.45) is 17.9 Å². The number of aryl methyl sites for hydroxylation is 1. The van der Waals surface area contributed by atoms with E-state index in [1.165, 1.54) is 11.5 Å². The van der Waals surface area contributed by atoms with Crippen LogP contribution in [0.5, 0.6) is 0 Å². The van der Waals surface area contributed by atoms with Gasteiger partial charge in [-0.2, -0.15) is 0 Å². The van der Waals surface area contributed by atoms with Crippen LogP contribution in [0.3, 0.4) is 0 Å². The summed E-state index contributed by atoms with van der Waals surface area (Å²) in [5, 5.41) is 8.74. The molecular weight excluding hydrogens is 424 g/mol. The Labute approximate surface area is 192 Å². The van der Waals surface area contributed by atoms with E-state index in [4.69, 9.17) is 4.98 Å². The highest BCUT2D eigenvalue weighted by Gasteiger charge is 2.38. The first-order chi connectivity index (χ1) is 15.0. The molecule has 172 valence electrons. The van der Waals surface area contributed by atoms with Gasteiger partial charge in [0.15, 0.2) is 11.3 Å². The minimum atomic E-state index is -0.178. The number of carbonyl (C=O) groups excluding carboxylic acids is 1. The summed E-state index contributed by atoms with van der Waals surface area (Å²) in [7, 11) is 1.79. The van der Waals surface area contributed by atoms with Gasteiger partial charge in [-0.3, -0.25) is 13.9 Å². The van der Waals surface area contributed by atoms with Crippen LogP contribution >= 0.6 is 11.5 Å². The van der Waals surface area contributed by atoms with Gasteiger partial charge in [0.05, 0.1) is 5.52 Å². The molecule has 0 saturated heterocycles. The molecule has 0 radical (unpaired) electrons. The van der Waals surface area contributed by atoms with Crippen LogP contribution in [0.4, 0.5) is 0 Å². The zero-order valence-electron chi connectivity index (χ0n) is 19.7. The summed E-state index contributed by atoms with van der Waals surface area (Å²) in [4.78, 5) is 30.4. The van der Waals surface area contributed by atoms with Crippen molar-refractivity contribution in [3.8, 4) is 0 Å². The van der Waals surface area contributed by atoms with Crippen molar-refractivity contribution in [3.63, 3.8) is 0 Å². The molecule has 0 aliphatic heterocycles. The van der Waals surface area contributed by atoms with Gasteiger partial charge in [-0.15, -0.1) is 5.10 Å². The molecule has 1 aliphatic rings. The van der Waals surface area contributed by atoms with Gasteiger partial charge in [-0.1, -0.05) is 39.1 Å². The fourth-order valence-corrected chi connectivity index (χ4v) is 5.04. The molecule has 2 atom stereocenters. The van der Waals surface area contributed by atoms with Crippen molar-refractivity contribution >= 4 is 28.6 Å². The van der Waals surface area contributed by atoms with E-state index >= 15 is 0 Å². The molecule has 4 rings (SSSR count). The molecule has 0 bridgehead atoms. The lowest BCUT2D eigenvalue weighted by Gasteiger charge is -2.42. The molecule has 0 aromatic carbocycles. The molecule has 1 fully saturated rings. The number of pyridine rings is 1. The summed E-state index contributed by atoms with van der Waals surface area (Å²) in [6.45, 7) is 11.4. The van der Waals surface area contributed by atoms with Gasteiger partial charge in [-0.25, -0.2) is 9.78 Å². The van der Waals surface area contributed by atoms with Crippen molar-refractivity contribution in [3.05, 3.63) is 39.4 Å². The molecule has 0 spiro atoms. The number of rotatable bonds is 4. The topological polar surface area (TPSA) is 94.7 Å². The number of amides is 1. The minimum Gasteiger partial charge on any atom is -0.347 e. The van der Waals surface area contributed by atoms with E-state index < -0.39 is 0 Å². The first kappa shape index (κ1) is 22.6. The van der Waals surface area contributed by atoms with Gasteiger partial charge in [0.1, 0.15) is 0 Å². The first-order valence-electron chi connectivity index (χ1n) is 11.1. The van der Waals surface area contributed by atoms with E-state index in [0.717, 1.165) is 36.1 Å². The number of hydrogen-bond donors (Lipinski definition) is 1. The second-order valence-electron chi connectivity index (χ2n) is 10.8. The molecule has 3 heterocycles. The normalized spacial score (nSPS) is 21.1. The molecule has 9 heteroatoms. The van der Waals surface area contributed by atoms with Crippen molar-refractivity contribution in [2.45, 2.75) is 72.4 Å². The third kappa shape index (κ3) is 4.35. The van der Waals surface area contributed by atoms with Crippen molar-refractivity contribution in [1.29, 1.82) is 0 Å². The third-order valence-electron chi connectivity index (χ3n) is 6.55. The van der Waals surface area contributed by atoms with E-state index in [9.17, 15) is 9.59 Å². The minimum absolute atomic E-state index is 0.00209. The largest absolute Gasteiger partial charge is 0.347 e. The number of imidazole rings is 1. The van der Waals surface area contributed by atoms with E-state index in [2.05, 4.69) is 49.5 Å². The fraction of sp³-hybridized carbons (Fsp3) is 0.609. The Bertz CT molecular complexity index is 1190. The number of fused-ring (bicyclic) bond motifs is 1. The Morgan fingerprint density at radius 2 is 2.06 bits per heavy atom. The summed E-state index contributed by atoms with van der Waals surface area (Å²) < 4.78 is 7.26. The third-order valence-corrected chi connectivity index (χ3v) is 7.06. The number of nitrogens with one attached hydrogen (secondary N) is 1. The lowest BCUT2D eigenvalue weighted by atomic mass is 9.68. The van der Waals surface area contributed by atoms with Crippen molar-refractivity contribution in [1.82, 2.24) is 29.0 Å². The summed E-state index contributed by atoms with van der Waals surface area (Å²) in [6.07, 6.45) is 2.76. The van der Waals surface area contributed by atoms with Crippen LogP contribution in [0.1, 0.15) is 76.0 Å². The monoisotopic (exact) mass is 456 g/mol. The van der Waals surface area contributed by atoms with E-state index in [0.29, 0.717) is 12.2 Å². The molecule has 32 heavy (non-hydrogen) atoms. The molecule has 1 amide bonds. The summed E-state index contributed by atoms with van der Waals surface area (Å²) in [5.74, 6) is 0.0369. The van der Waals surface area contributed by atoms with Gasteiger partial charge in [0.2, 0.25) is 0 Å². The Balaban J connectivity index is 1.61. The first-order valence-corrected chi connectivity index (χ1v) is 11.9. The Morgan fingerprint density at radius 1 is 1.31 bits per heavy atom. The van der Waals surface area contributed by atoms with E-state index in [-0.39, 0.29) is 34.4 Å². The SMILES string of the molecule is Cn1c(=O)n(CC(C)(C)C)c2ccc(C3CCC(C)(C)C(NC(=O)c4csnn4)C3)nc21. The quantitative estimate of drug-likeness (QED) is 0.646. The maximum atomic E-state index is 12.9. The smallest absolute Gasteiger partial charge is 0.330 e. The summed E-state index contributed by atoms with van der Waals surface area (Å²) in [5.41, 5.74) is 2.86. The highest BCUT2D eigenvalue weighted by molar-refractivity contribution is 7.03. The zero-order chi connectivity index (χ0) is 23.3. The molecule has 3 aromatic rings. The van der Waals surface area contributed by atoms with Gasteiger partial charge >= 0.3 is 5.69 Å². The average Bonchev–Trinajstić information content (AvgIpc) is 3.33. The van der Waals surface area contributed by atoms with Crippen LogP contribution in [0, 0.1) is 10.8 Å². The van der Waals surface area contributed by atoms with Crippen molar-refractivity contribution in [2.75, 3.05) is 0 Å². The van der Waals surface area contributed by atoms with Crippen LogP contribution in [0.15, 0.2) is 22.3 Å². The van der Waals surface area contributed by atoms with Crippen LogP contribution in [-0.2, 0) is 13.6 Å². The lowest BCUT2D eigenvalue weighted by Crippen LogP contribution is -2.48. The van der Waals surface area contributed by atoms with E-state index in [1.54, 1.807) is 17.0 Å². The van der Waals surface area contributed by atoms with E-state index in [1.807, 2.05) is 16.7 Å². The highest BCUT2D eigenvalue weighted by atomic mass is 32.1. The van der Waals surface area contributed by atoms with Crippen LogP contribution in [0.2, 0.25) is 0 Å².